The first-order valence-corrected chi connectivity index (χ1v) is 7.93. The minimum absolute atomic E-state index is 0.100. The Morgan fingerprint density at radius 2 is 2.25 bits per heavy atom. The minimum atomic E-state index is -3.64. The third-order valence-corrected chi connectivity index (χ3v) is 4.85. The van der Waals surface area contributed by atoms with Gasteiger partial charge < -0.3 is 9.64 Å². The first kappa shape index (κ1) is 15.4. The van der Waals surface area contributed by atoms with Crippen molar-refractivity contribution in [3.63, 3.8) is 0 Å². The number of sulfonamides is 1. The van der Waals surface area contributed by atoms with Crippen molar-refractivity contribution >= 4 is 10.0 Å². The smallest absolute Gasteiger partial charge is 0.240 e. The SMILES string of the molecule is Cc1cc(F)ccc1S(=O)(=O)NCC1CN(C)CCO1. The van der Waals surface area contributed by atoms with Gasteiger partial charge in [-0.1, -0.05) is 0 Å². The fourth-order valence-corrected chi connectivity index (χ4v) is 3.48. The highest BCUT2D eigenvalue weighted by molar-refractivity contribution is 7.89. The Morgan fingerprint density at radius 3 is 2.90 bits per heavy atom. The molecule has 1 heterocycles. The molecule has 0 saturated carbocycles. The zero-order valence-corrected chi connectivity index (χ0v) is 12.4. The number of morpholine rings is 1. The highest BCUT2D eigenvalue weighted by atomic mass is 32.2. The number of hydrogen-bond acceptors (Lipinski definition) is 4. The molecule has 1 saturated heterocycles. The van der Waals surface area contributed by atoms with E-state index in [0.717, 1.165) is 12.6 Å². The van der Waals surface area contributed by atoms with Gasteiger partial charge in [-0.05, 0) is 37.7 Å². The van der Waals surface area contributed by atoms with Gasteiger partial charge in [-0.15, -0.1) is 0 Å². The van der Waals surface area contributed by atoms with Crippen molar-refractivity contribution < 1.29 is 17.5 Å². The van der Waals surface area contributed by atoms with Crippen molar-refractivity contribution in [3.8, 4) is 0 Å². The molecule has 0 radical (unpaired) electrons. The van der Waals surface area contributed by atoms with Gasteiger partial charge >= 0.3 is 0 Å². The molecule has 1 aliphatic heterocycles. The van der Waals surface area contributed by atoms with E-state index in [9.17, 15) is 12.8 Å². The van der Waals surface area contributed by atoms with Crippen LogP contribution in [-0.2, 0) is 14.8 Å². The van der Waals surface area contributed by atoms with Crippen LogP contribution < -0.4 is 4.72 Å². The standard InChI is InChI=1S/C13H19FN2O3S/c1-10-7-11(14)3-4-13(10)20(17,18)15-8-12-9-16(2)5-6-19-12/h3-4,7,12,15H,5-6,8-9H2,1-2H3. The van der Waals surface area contributed by atoms with E-state index in [-0.39, 0.29) is 17.5 Å². The first-order chi connectivity index (χ1) is 9.38. The molecule has 2 rings (SSSR count). The molecule has 112 valence electrons. The minimum Gasteiger partial charge on any atom is -0.374 e. The summed E-state index contributed by atoms with van der Waals surface area (Å²) in [4.78, 5) is 2.19. The fraction of sp³-hybridized carbons (Fsp3) is 0.538. The maximum atomic E-state index is 13.0. The summed E-state index contributed by atoms with van der Waals surface area (Å²) in [5, 5.41) is 0. The molecular weight excluding hydrogens is 283 g/mol. The van der Waals surface area contributed by atoms with Gasteiger partial charge in [0.2, 0.25) is 10.0 Å². The maximum Gasteiger partial charge on any atom is 0.240 e. The molecule has 1 aromatic rings. The molecule has 0 bridgehead atoms. The van der Waals surface area contributed by atoms with E-state index in [1.807, 2.05) is 7.05 Å². The monoisotopic (exact) mass is 302 g/mol. The molecule has 0 aliphatic carbocycles. The zero-order valence-electron chi connectivity index (χ0n) is 11.6. The molecule has 1 fully saturated rings. The Balaban J connectivity index is 2.03. The number of halogens is 1. The van der Waals surface area contributed by atoms with Crippen LogP contribution in [0.25, 0.3) is 0 Å². The number of nitrogens with one attached hydrogen (secondary N) is 1. The summed E-state index contributed by atoms with van der Waals surface area (Å²) in [5.41, 5.74) is 0.388. The van der Waals surface area contributed by atoms with Gasteiger partial charge in [-0.2, -0.15) is 0 Å². The zero-order chi connectivity index (χ0) is 14.8. The summed E-state index contributed by atoms with van der Waals surface area (Å²) < 4.78 is 45.4. The van der Waals surface area contributed by atoms with Gasteiger partial charge in [0.25, 0.3) is 0 Å². The lowest BCUT2D eigenvalue weighted by atomic mass is 10.2. The normalized spacial score (nSPS) is 21.1. The number of benzene rings is 1. The predicted molar refractivity (Wildman–Crippen MR) is 73.6 cm³/mol. The second kappa shape index (κ2) is 6.17. The van der Waals surface area contributed by atoms with E-state index in [1.165, 1.54) is 12.1 Å². The van der Waals surface area contributed by atoms with Crippen molar-refractivity contribution in [1.82, 2.24) is 9.62 Å². The molecular formula is C13H19FN2O3S. The summed E-state index contributed by atoms with van der Waals surface area (Å²) in [5.74, 6) is -0.446. The van der Waals surface area contributed by atoms with Gasteiger partial charge in [-0.25, -0.2) is 17.5 Å². The van der Waals surface area contributed by atoms with Crippen LogP contribution in [0.15, 0.2) is 23.1 Å². The average Bonchev–Trinajstić information content (AvgIpc) is 2.36. The van der Waals surface area contributed by atoms with Crippen LogP contribution in [-0.4, -0.2) is 52.7 Å². The highest BCUT2D eigenvalue weighted by Crippen LogP contribution is 2.16. The van der Waals surface area contributed by atoms with Crippen LogP contribution in [0.1, 0.15) is 5.56 Å². The predicted octanol–water partition coefficient (Wildman–Crippen LogP) is 0.743. The number of nitrogens with zero attached hydrogens (tertiary/aromatic N) is 1. The second-order valence-corrected chi connectivity index (χ2v) is 6.75. The van der Waals surface area contributed by atoms with E-state index in [0.29, 0.717) is 18.7 Å². The van der Waals surface area contributed by atoms with Crippen LogP contribution in [0, 0.1) is 12.7 Å². The lowest BCUT2D eigenvalue weighted by Crippen LogP contribution is -2.45. The number of ether oxygens (including phenoxy) is 1. The molecule has 1 atom stereocenters. The molecule has 1 unspecified atom stereocenters. The number of hydrogen-bond donors (Lipinski definition) is 1. The third kappa shape index (κ3) is 3.76. The van der Waals surface area contributed by atoms with Crippen molar-refractivity contribution in [2.75, 3.05) is 33.3 Å². The van der Waals surface area contributed by atoms with Gasteiger partial charge in [0.15, 0.2) is 0 Å². The van der Waals surface area contributed by atoms with E-state index in [2.05, 4.69) is 9.62 Å². The molecule has 20 heavy (non-hydrogen) atoms. The number of rotatable bonds is 4. The molecule has 7 heteroatoms. The molecule has 1 aliphatic rings. The van der Waals surface area contributed by atoms with Crippen LogP contribution >= 0.6 is 0 Å². The van der Waals surface area contributed by atoms with E-state index >= 15 is 0 Å². The summed E-state index contributed by atoms with van der Waals surface area (Å²) >= 11 is 0. The first-order valence-electron chi connectivity index (χ1n) is 6.44. The van der Waals surface area contributed by atoms with Crippen molar-refractivity contribution in [3.05, 3.63) is 29.6 Å². The third-order valence-electron chi connectivity index (χ3n) is 3.27. The Labute approximate surface area is 118 Å². The number of aryl methyl sites for hydroxylation is 1. The largest absolute Gasteiger partial charge is 0.374 e. The molecule has 1 N–H and O–H groups in total. The molecule has 0 spiro atoms. The van der Waals surface area contributed by atoms with E-state index in [4.69, 9.17) is 4.74 Å². The van der Waals surface area contributed by atoms with Crippen LogP contribution in [0.3, 0.4) is 0 Å². The number of likely N-dealkylation sites (N-methyl/N-ethyl adjacent to an activating group) is 1. The van der Waals surface area contributed by atoms with Gasteiger partial charge in [0.05, 0.1) is 17.6 Å². The van der Waals surface area contributed by atoms with Gasteiger partial charge in [0.1, 0.15) is 5.82 Å². The summed E-state index contributed by atoms with van der Waals surface area (Å²) in [6.45, 7) is 3.91. The van der Waals surface area contributed by atoms with E-state index in [1.54, 1.807) is 6.92 Å². The van der Waals surface area contributed by atoms with Crippen molar-refractivity contribution in [1.29, 1.82) is 0 Å². The summed E-state index contributed by atoms with van der Waals surface area (Å²) in [6, 6.07) is 3.63. The molecule has 5 nitrogen and oxygen atoms in total. The average molecular weight is 302 g/mol. The lowest BCUT2D eigenvalue weighted by molar-refractivity contribution is -0.0156. The molecule has 0 amide bonds. The lowest BCUT2D eigenvalue weighted by Gasteiger charge is -2.30. The highest BCUT2D eigenvalue weighted by Gasteiger charge is 2.22. The van der Waals surface area contributed by atoms with Crippen LogP contribution in [0.2, 0.25) is 0 Å². The second-order valence-electron chi connectivity index (χ2n) is 5.02. The summed E-state index contributed by atoms with van der Waals surface area (Å²) in [7, 11) is -1.67. The molecule has 0 aromatic heterocycles. The Morgan fingerprint density at radius 1 is 1.50 bits per heavy atom. The van der Waals surface area contributed by atoms with Crippen molar-refractivity contribution in [2.45, 2.75) is 17.9 Å². The van der Waals surface area contributed by atoms with Crippen LogP contribution in [0.4, 0.5) is 4.39 Å². The Bertz CT molecular complexity index is 577. The fourth-order valence-electron chi connectivity index (χ4n) is 2.19. The maximum absolute atomic E-state index is 13.0. The topological polar surface area (TPSA) is 58.6 Å². The quantitative estimate of drug-likeness (QED) is 0.891. The van der Waals surface area contributed by atoms with Crippen molar-refractivity contribution in [2.24, 2.45) is 0 Å². The molecule has 1 aromatic carbocycles. The van der Waals surface area contributed by atoms with Gasteiger partial charge in [-0.3, -0.25) is 0 Å². The van der Waals surface area contributed by atoms with Crippen LogP contribution in [0.5, 0.6) is 0 Å². The Kier molecular flexibility index (Phi) is 4.74. The van der Waals surface area contributed by atoms with Gasteiger partial charge in [0, 0.05) is 19.6 Å². The summed E-state index contributed by atoms with van der Waals surface area (Å²) in [6.07, 6.45) is -0.163. The Hall–Kier alpha value is -1.02. The van der Waals surface area contributed by atoms with E-state index < -0.39 is 15.8 Å².